The Labute approximate surface area is 181 Å². The maximum Gasteiger partial charge on any atom is 0.418 e. The number of alkyl halides is 3. The molecule has 3 aromatic rings. The van der Waals surface area contributed by atoms with E-state index in [1.165, 1.54) is 18.2 Å². The molecule has 6 nitrogen and oxygen atoms in total. The predicted octanol–water partition coefficient (Wildman–Crippen LogP) is 4.65. The second kappa shape index (κ2) is 9.97. The summed E-state index contributed by atoms with van der Waals surface area (Å²) in [5.41, 5.74) is 0.773. The summed E-state index contributed by atoms with van der Waals surface area (Å²) in [6.07, 6.45) is -4.56. The lowest BCUT2D eigenvalue weighted by atomic mass is 10.1. The SMILES string of the molecule is COCCn1c(SCC(=O)Nc2ccccc2C(F)(F)F)nnc1-c1cccc(C)c1. The number of rotatable bonds is 8. The fraction of sp³-hybridized carbons (Fsp3) is 0.286. The lowest BCUT2D eigenvalue weighted by Crippen LogP contribution is -2.18. The number of ether oxygens (including phenoxy) is 1. The molecule has 1 amide bonds. The van der Waals surface area contributed by atoms with E-state index in [0.29, 0.717) is 24.1 Å². The molecule has 0 aliphatic carbocycles. The van der Waals surface area contributed by atoms with Gasteiger partial charge in [0.25, 0.3) is 0 Å². The summed E-state index contributed by atoms with van der Waals surface area (Å²) in [6.45, 7) is 2.85. The number of nitrogens with zero attached hydrogens (tertiary/aromatic N) is 3. The van der Waals surface area contributed by atoms with Gasteiger partial charge in [-0.3, -0.25) is 9.36 Å². The van der Waals surface area contributed by atoms with Gasteiger partial charge < -0.3 is 10.1 Å². The molecule has 0 saturated carbocycles. The molecule has 0 spiro atoms. The van der Waals surface area contributed by atoms with Crippen LogP contribution in [0.5, 0.6) is 0 Å². The highest BCUT2D eigenvalue weighted by atomic mass is 32.2. The quantitative estimate of drug-likeness (QED) is 0.506. The highest BCUT2D eigenvalue weighted by Gasteiger charge is 2.33. The monoisotopic (exact) mass is 450 g/mol. The van der Waals surface area contributed by atoms with Crippen LogP contribution in [0.1, 0.15) is 11.1 Å². The van der Waals surface area contributed by atoms with E-state index in [4.69, 9.17) is 4.74 Å². The molecule has 3 rings (SSSR count). The molecule has 1 heterocycles. The van der Waals surface area contributed by atoms with Gasteiger partial charge in [0.05, 0.1) is 30.2 Å². The Bertz CT molecular complexity index is 1050. The summed E-state index contributed by atoms with van der Waals surface area (Å²) in [6, 6.07) is 12.6. The van der Waals surface area contributed by atoms with E-state index in [0.717, 1.165) is 29.0 Å². The lowest BCUT2D eigenvalue weighted by Gasteiger charge is -2.13. The summed E-state index contributed by atoms with van der Waals surface area (Å²) in [4.78, 5) is 12.3. The normalized spacial score (nSPS) is 11.5. The first-order chi connectivity index (χ1) is 14.8. The Morgan fingerprint density at radius 2 is 1.94 bits per heavy atom. The van der Waals surface area contributed by atoms with Crippen LogP contribution in [-0.2, 0) is 22.3 Å². The number of hydrogen-bond acceptors (Lipinski definition) is 5. The van der Waals surface area contributed by atoms with E-state index in [1.54, 1.807) is 7.11 Å². The maximum atomic E-state index is 13.1. The van der Waals surface area contributed by atoms with Gasteiger partial charge in [-0.15, -0.1) is 10.2 Å². The van der Waals surface area contributed by atoms with Crippen LogP contribution in [0.3, 0.4) is 0 Å². The van der Waals surface area contributed by atoms with Gasteiger partial charge in [0, 0.05) is 12.7 Å². The number of benzene rings is 2. The van der Waals surface area contributed by atoms with Crippen LogP contribution in [0.25, 0.3) is 11.4 Å². The molecule has 0 fully saturated rings. The number of aryl methyl sites for hydroxylation is 1. The Kier molecular flexibility index (Phi) is 7.34. The van der Waals surface area contributed by atoms with Crippen molar-refractivity contribution in [3.05, 3.63) is 59.7 Å². The number of aromatic nitrogens is 3. The standard InChI is InChI=1S/C21H21F3N4O2S/c1-14-6-5-7-15(12-14)19-26-27-20(28(19)10-11-30-2)31-13-18(29)25-17-9-4-3-8-16(17)21(22,23)24/h3-9,12H,10-11,13H2,1-2H3,(H,25,29). The van der Waals surface area contributed by atoms with E-state index in [-0.39, 0.29) is 11.4 Å². The Morgan fingerprint density at radius 3 is 2.65 bits per heavy atom. The first-order valence-electron chi connectivity index (χ1n) is 9.37. The molecule has 0 bridgehead atoms. The van der Waals surface area contributed by atoms with Gasteiger partial charge in [-0.1, -0.05) is 47.7 Å². The van der Waals surface area contributed by atoms with Crippen LogP contribution < -0.4 is 5.32 Å². The van der Waals surface area contributed by atoms with Gasteiger partial charge in [0.2, 0.25) is 5.91 Å². The zero-order valence-electron chi connectivity index (χ0n) is 16.9. The fourth-order valence-corrected chi connectivity index (χ4v) is 3.70. The van der Waals surface area contributed by atoms with Crippen LogP contribution in [0.15, 0.2) is 53.7 Å². The average molecular weight is 450 g/mol. The number of carbonyl (C=O) groups is 1. The van der Waals surface area contributed by atoms with E-state index in [1.807, 2.05) is 35.8 Å². The molecule has 1 aromatic heterocycles. The number of carbonyl (C=O) groups excluding carboxylic acids is 1. The summed E-state index contributed by atoms with van der Waals surface area (Å²) < 4.78 is 46.4. The van der Waals surface area contributed by atoms with Crippen molar-refractivity contribution in [3.8, 4) is 11.4 Å². The van der Waals surface area contributed by atoms with Crippen LogP contribution in [-0.4, -0.2) is 40.1 Å². The molecular weight excluding hydrogens is 429 g/mol. The van der Waals surface area contributed by atoms with Crippen molar-refractivity contribution in [1.29, 1.82) is 0 Å². The van der Waals surface area contributed by atoms with Crippen molar-refractivity contribution in [2.45, 2.75) is 24.8 Å². The van der Waals surface area contributed by atoms with Crippen molar-refractivity contribution in [2.24, 2.45) is 0 Å². The third kappa shape index (κ3) is 5.86. The first-order valence-corrected chi connectivity index (χ1v) is 10.4. The smallest absolute Gasteiger partial charge is 0.383 e. The molecule has 0 aliphatic heterocycles. The number of para-hydroxylation sites is 1. The summed E-state index contributed by atoms with van der Waals surface area (Å²) in [5, 5.41) is 11.2. The number of nitrogens with one attached hydrogen (secondary N) is 1. The van der Waals surface area contributed by atoms with Crippen molar-refractivity contribution >= 4 is 23.4 Å². The van der Waals surface area contributed by atoms with Crippen molar-refractivity contribution in [1.82, 2.24) is 14.8 Å². The molecule has 164 valence electrons. The summed E-state index contributed by atoms with van der Waals surface area (Å²) >= 11 is 1.10. The predicted molar refractivity (Wildman–Crippen MR) is 113 cm³/mol. The van der Waals surface area contributed by atoms with Crippen molar-refractivity contribution in [3.63, 3.8) is 0 Å². The minimum Gasteiger partial charge on any atom is -0.383 e. The lowest BCUT2D eigenvalue weighted by molar-refractivity contribution is -0.137. The Hall–Kier alpha value is -2.85. The second-order valence-corrected chi connectivity index (χ2v) is 7.64. The summed E-state index contributed by atoms with van der Waals surface area (Å²) in [5.74, 6) is -0.0586. The number of halogens is 3. The fourth-order valence-electron chi connectivity index (χ4n) is 2.93. The van der Waals surface area contributed by atoms with E-state index in [9.17, 15) is 18.0 Å². The van der Waals surface area contributed by atoms with E-state index in [2.05, 4.69) is 15.5 Å². The van der Waals surface area contributed by atoms with Gasteiger partial charge in [-0.25, -0.2) is 0 Å². The van der Waals surface area contributed by atoms with E-state index < -0.39 is 17.6 Å². The maximum absolute atomic E-state index is 13.1. The molecule has 0 atom stereocenters. The van der Waals surface area contributed by atoms with Crippen LogP contribution in [0.4, 0.5) is 18.9 Å². The van der Waals surface area contributed by atoms with Gasteiger partial charge in [0.1, 0.15) is 0 Å². The average Bonchev–Trinajstić information content (AvgIpc) is 3.13. The number of methoxy groups -OCH3 is 1. The Morgan fingerprint density at radius 1 is 1.16 bits per heavy atom. The zero-order valence-corrected chi connectivity index (χ0v) is 17.8. The van der Waals surface area contributed by atoms with Crippen molar-refractivity contribution < 1.29 is 22.7 Å². The first kappa shape index (κ1) is 22.8. The molecule has 0 saturated heterocycles. The van der Waals surface area contributed by atoms with E-state index >= 15 is 0 Å². The molecule has 0 aliphatic rings. The topological polar surface area (TPSA) is 69.0 Å². The number of hydrogen-bond donors (Lipinski definition) is 1. The minimum absolute atomic E-state index is 0.120. The second-order valence-electron chi connectivity index (χ2n) is 6.70. The van der Waals surface area contributed by atoms with Crippen LogP contribution in [0.2, 0.25) is 0 Å². The third-order valence-electron chi connectivity index (χ3n) is 4.35. The minimum atomic E-state index is -4.56. The molecule has 1 N–H and O–H groups in total. The Balaban J connectivity index is 1.75. The molecule has 0 unspecified atom stereocenters. The summed E-state index contributed by atoms with van der Waals surface area (Å²) in [7, 11) is 1.58. The molecule has 31 heavy (non-hydrogen) atoms. The highest BCUT2D eigenvalue weighted by molar-refractivity contribution is 7.99. The molecule has 10 heteroatoms. The number of thioether (sulfide) groups is 1. The zero-order chi connectivity index (χ0) is 22.4. The molecule has 2 aromatic carbocycles. The van der Waals surface area contributed by atoms with Crippen LogP contribution in [0, 0.1) is 6.92 Å². The number of amides is 1. The van der Waals surface area contributed by atoms with Gasteiger partial charge >= 0.3 is 6.18 Å². The molecule has 0 radical (unpaired) electrons. The van der Waals surface area contributed by atoms with Gasteiger partial charge in [-0.05, 0) is 25.1 Å². The van der Waals surface area contributed by atoms with Crippen LogP contribution >= 0.6 is 11.8 Å². The largest absolute Gasteiger partial charge is 0.418 e. The molecular formula is C21H21F3N4O2S. The van der Waals surface area contributed by atoms with Gasteiger partial charge in [-0.2, -0.15) is 13.2 Å². The van der Waals surface area contributed by atoms with Crippen molar-refractivity contribution in [2.75, 3.05) is 24.8 Å². The van der Waals surface area contributed by atoms with Gasteiger partial charge in [0.15, 0.2) is 11.0 Å². The third-order valence-corrected chi connectivity index (χ3v) is 5.32. The highest BCUT2D eigenvalue weighted by Crippen LogP contribution is 2.34. The number of anilines is 1.